The van der Waals surface area contributed by atoms with Crippen LogP contribution in [0, 0.1) is 12.7 Å². The van der Waals surface area contributed by atoms with Gasteiger partial charge in [-0.05, 0) is 60.5 Å². The highest BCUT2D eigenvalue weighted by atomic mass is 32.2. The lowest BCUT2D eigenvalue weighted by molar-refractivity contribution is -0.123. The first-order valence-corrected chi connectivity index (χ1v) is 15.2. The van der Waals surface area contributed by atoms with E-state index in [9.17, 15) is 14.0 Å². The minimum atomic E-state index is -0.322. The SMILES string of the molecule is Cc1ccccc1-n1nc(-c2cccs2)c2c1N(CC(=O)NC[C@H]1CCCO1)C(=O)CS[C@@H]2c1ccc(F)cc1. The maximum Gasteiger partial charge on any atom is 0.240 e. The molecule has 1 saturated heterocycles. The van der Waals surface area contributed by atoms with Gasteiger partial charge in [0.05, 0.1) is 27.7 Å². The number of aromatic nitrogens is 2. The number of carbonyl (C=O) groups is 2. The van der Waals surface area contributed by atoms with E-state index in [1.165, 1.54) is 23.9 Å². The lowest BCUT2D eigenvalue weighted by Crippen LogP contribution is -2.44. The van der Waals surface area contributed by atoms with Gasteiger partial charge in [0.1, 0.15) is 23.9 Å². The van der Waals surface area contributed by atoms with E-state index >= 15 is 0 Å². The van der Waals surface area contributed by atoms with Gasteiger partial charge in [0, 0.05) is 18.7 Å². The summed E-state index contributed by atoms with van der Waals surface area (Å²) < 4.78 is 21.4. The molecular weight excluding hydrogens is 547 g/mol. The molecule has 40 heavy (non-hydrogen) atoms. The molecule has 10 heteroatoms. The van der Waals surface area contributed by atoms with Crippen LogP contribution in [0.4, 0.5) is 10.2 Å². The summed E-state index contributed by atoms with van der Waals surface area (Å²) in [5.41, 5.74) is 4.25. The predicted octanol–water partition coefficient (Wildman–Crippen LogP) is 5.51. The number of thioether (sulfide) groups is 1. The van der Waals surface area contributed by atoms with Crippen molar-refractivity contribution in [3.05, 3.63) is 88.6 Å². The number of amides is 2. The second-order valence-corrected chi connectivity index (χ2v) is 12.0. The predicted molar refractivity (Wildman–Crippen MR) is 157 cm³/mol. The van der Waals surface area contributed by atoms with Gasteiger partial charge in [-0.3, -0.25) is 14.5 Å². The average Bonchev–Trinajstić information content (AvgIpc) is 3.72. The molecule has 4 aromatic rings. The Kier molecular flexibility index (Phi) is 7.73. The highest BCUT2D eigenvalue weighted by Crippen LogP contribution is 2.49. The third-order valence-corrected chi connectivity index (χ3v) is 9.34. The number of hydrogen-bond acceptors (Lipinski definition) is 6. The van der Waals surface area contributed by atoms with Gasteiger partial charge in [-0.1, -0.05) is 36.4 Å². The molecule has 2 aliphatic rings. The lowest BCUT2D eigenvalue weighted by atomic mass is 10.0. The normalized spacial score (nSPS) is 18.9. The fourth-order valence-corrected chi connectivity index (χ4v) is 7.14. The molecule has 6 rings (SSSR count). The number of hydrogen-bond donors (Lipinski definition) is 1. The molecule has 0 unspecified atom stereocenters. The number of anilines is 1. The Morgan fingerprint density at radius 1 is 1.15 bits per heavy atom. The number of nitrogens with one attached hydrogen (secondary N) is 1. The number of ether oxygens (including phenoxy) is 1. The van der Waals surface area contributed by atoms with Crippen LogP contribution >= 0.6 is 23.1 Å². The Balaban J connectivity index is 1.51. The number of benzene rings is 2. The third-order valence-electron chi connectivity index (χ3n) is 7.21. The van der Waals surface area contributed by atoms with Crippen molar-refractivity contribution in [2.24, 2.45) is 0 Å². The van der Waals surface area contributed by atoms with Crippen molar-refractivity contribution >= 4 is 40.7 Å². The van der Waals surface area contributed by atoms with Crippen LogP contribution in [-0.2, 0) is 14.3 Å². The van der Waals surface area contributed by atoms with Crippen molar-refractivity contribution in [1.29, 1.82) is 0 Å². The van der Waals surface area contributed by atoms with E-state index in [0.29, 0.717) is 19.0 Å². The minimum Gasteiger partial charge on any atom is -0.376 e. The largest absolute Gasteiger partial charge is 0.376 e. The molecule has 2 aromatic carbocycles. The molecule has 0 aliphatic carbocycles. The van der Waals surface area contributed by atoms with Crippen LogP contribution in [0.3, 0.4) is 0 Å². The van der Waals surface area contributed by atoms with Crippen LogP contribution in [0.2, 0.25) is 0 Å². The van der Waals surface area contributed by atoms with Crippen molar-refractivity contribution < 1.29 is 18.7 Å². The van der Waals surface area contributed by atoms with E-state index in [2.05, 4.69) is 5.32 Å². The van der Waals surface area contributed by atoms with E-state index in [4.69, 9.17) is 9.84 Å². The summed E-state index contributed by atoms with van der Waals surface area (Å²) in [5, 5.41) is 9.76. The van der Waals surface area contributed by atoms with Crippen molar-refractivity contribution in [2.45, 2.75) is 31.1 Å². The summed E-state index contributed by atoms with van der Waals surface area (Å²) >= 11 is 3.03. The zero-order valence-corrected chi connectivity index (χ0v) is 23.6. The van der Waals surface area contributed by atoms with Crippen LogP contribution in [0.5, 0.6) is 0 Å². The first-order chi connectivity index (χ1) is 19.5. The smallest absolute Gasteiger partial charge is 0.240 e. The average molecular weight is 577 g/mol. The fraction of sp³-hybridized carbons (Fsp3) is 0.300. The molecule has 7 nitrogen and oxygen atoms in total. The molecule has 2 amide bonds. The zero-order chi connectivity index (χ0) is 27.6. The Labute approximate surface area is 240 Å². The number of fused-ring (bicyclic) bond motifs is 1. The minimum absolute atomic E-state index is 0.000635. The summed E-state index contributed by atoms with van der Waals surface area (Å²) in [6.07, 6.45) is 1.89. The highest BCUT2D eigenvalue weighted by Gasteiger charge is 2.38. The van der Waals surface area contributed by atoms with Crippen molar-refractivity contribution in [3.8, 4) is 16.3 Å². The maximum absolute atomic E-state index is 13.9. The molecule has 2 aliphatic heterocycles. The molecule has 0 spiro atoms. The Hall–Kier alpha value is -3.47. The molecule has 2 atom stereocenters. The molecular formula is C30H29FN4O3S2. The van der Waals surface area contributed by atoms with E-state index in [-0.39, 0.29) is 41.3 Å². The van der Waals surface area contributed by atoms with Gasteiger partial charge >= 0.3 is 0 Å². The molecule has 0 bridgehead atoms. The first-order valence-electron chi connectivity index (χ1n) is 13.3. The summed E-state index contributed by atoms with van der Waals surface area (Å²) in [6, 6.07) is 18.2. The highest BCUT2D eigenvalue weighted by molar-refractivity contribution is 8.00. The zero-order valence-electron chi connectivity index (χ0n) is 22.0. The van der Waals surface area contributed by atoms with Gasteiger partial charge in [0.2, 0.25) is 11.8 Å². The van der Waals surface area contributed by atoms with Crippen LogP contribution in [-0.4, -0.2) is 53.1 Å². The molecule has 4 heterocycles. The van der Waals surface area contributed by atoms with Crippen molar-refractivity contribution in [3.63, 3.8) is 0 Å². The van der Waals surface area contributed by atoms with Gasteiger partial charge in [0.15, 0.2) is 0 Å². The third kappa shape index (κ3) is 5.31. The first kappa shape index (κ1) is 26.7. The number of carbonyl (C=O) groups excluding carboxylic acids is 2. The molecule has 1 fully saturated rings. The summed E-state index contributed by atoms with van der Waals surface area (Å²) in [6.45, 7) is 2.98. The molecule has 0 radical (unpaired) electrons. The van der Waals surface area contributed by atoms with E-state index < -0.39 is 0 Å². The quantitative estimate of drug-likeness (QED) is 0.314. The van der Waals surface area contributed by atoms with Gasteiger partial charge in [-0.2, -0.15) is 5.10 Å². The molecule has 0 saturated carbocycles. The van der Waals surface area contributed by atoms with Gasteiger partial charge in [-0.15, -0.1) is 23.1 Å². The number of para-hydroxylation sites is 1. The van der Waals surface area contributed by atoms with E-state index in [0.717, 1.165) is 45.8 Å². The fourth-order valence-electron chi connectivity index (χ4n) is 5.22. The number of thiophene rings is 1. The van der Waals surface area contributed by atoms with Gasteiger partial charge in [-0.25, -0.2) is 9.07 Å². The Morgan fingerprint density at radius 3 is 2.70 bits per heavy atom. The monoisotopic (exact) mass is 576 g/mol. The number of aryl methyl sites for hydroxylation is 1. The Morgan fingerprint density at radius 2 is 1.98 bits per heavy atom. The summed E-state index contributed by atoms with van der Waals surface area (Å²) in [5.74, 6) is -0.0367. The van der Waals surface area contributed by atoms with Crippen molar-refractivity contribution in [1.82, 2.24) is 15.1 Å². The summed E-state index contributed by atoms with van der Waals surface area (Å²) in [4.78, 5) is 29.5. The topological polar surface area (TPSA) is 76.5 Å². The Bertz CT molecular complexity index is 1510. The summed E-state index contributed by atoms with van der Waals surface area (Å²) in [7, 11) is 0. The van der Waals surface area contributed by atoms with Crippen LogP contribution in [0.15, 0.2) is 66.0 Å². The standard InChI is InChI=1S/C30H29FN4O3S2/c1-19-6-2-3-8-23(19)35-30-27(28(33-35)24-9-5-15-39-24)29(20-10-12-21(31)13-11-20)40-18-26(37)34(30)17-25(36)32-16-22-7-4-14-38-22/h2-3,5-6,8-13,15,22,29H,4,7,14,16-18H2,1H3,(H,32,36)/t22-,29-/m1/s1. The molecule has 2 aromatic heterocycles. The van der Waals surface area contributed by atoms with Gasteiger partial charge < -0.3 is 10.1 Å². The lowest BCUT2D eigenvalue weighted by Gasteiger charge is -2.24. The van der Waals surface area contributed by atoms with E-state index in [1.54, 1.807) is 33.1 Å². The van der Waals surface area contributed by atoms with E-state index in [1.807, 2.05) is 48.7 Å². The van der Waals surface area contributed by atoms with Crippen LogP contribution in [0.25, 0.3) is 16.3 Å². The van der Waals surface area contributed by atoms with Crippen LogP contribution < -0.4 is 10.2 Å². The van der Waals surface area contributed by atoms with Crippen molar-refractivity contribution in [2.75, 3.05) is 30.3 Å². The number of halogens is 1. The van der Waals surface area contributed by atoms with Gasteiger partial charge in [0.25, 0.3) is 0 Å². The molecule has 1 N–H and O–H groups in total. The number of rotatable bonds is 7. The maximum atomic E-state index is 13.9. The second-order valence-electron chi connectivity index (χ2n) is 9.92. The molecule has 206 valence electrons. The van der Waals surface area contributed by atoms with Crippen LogP contribution in [0.1, 0.15) is 34.8 Å². The second kappa shape index (κ2) is 11.6. The number of nitrogens with zero attached hydrogens (tertiary/aromatic N) is 3.